The lowest BCUT2D eigenvalue weighted by Crippen LogP contribution is -2.29. The average molecular weight is 409 g/mol. The number of carbonyl (C=O) groups is 3. The number of nitrogens with one attached hydrogen (secondary N) is 3. The number of halogens is 1. The molecule has 0 aliphatic heterocycles. The van der Waals surface area contributed by atoms with Gasteiger partial charge < -0.3 is 20.0 Å². The first-order valence-electron chi connectivity index (χ1n) is 8.44. The maximum absolute atomic E-state index is 12.8. The zero-order chi connectivity index (χ0) is 20.4. The number of pyridine rings is 1. The number of fused-ring (bicyclic) bond motifs is 1. The van der Waals surface area contributed by atoms with E-state index >= 15 is 0 Å². The third-order valence-corrected chi connectivity index (χ3v) is 4.35. The molecule has 29 heavy (non-hydrogen) atoms. The largest absolute Gasteiger partial charge is 0.461 e. The summed E-state index contributed by atoms with van der Waals surface area (Å²) in [7, 11) is 0. The number of hydrogen-bond donors (Lipinski definition) is 3. The van der Waals surface area contributed by atoms with Gasteiger partial charge in [0.15, 0.2) is 5.76 Å². The molecule has 3 N–H and O–H groups in total. The van der Waals surface area contributed by atoms with Gasteiger partial charge in [-0.2, -0.15) is 0 Å². The fraction of sp³-hybridized carbons (Fsp3) is 0. The minimum absolute atomic E-state index is 0.0716. The minimum Gasteiger partial charge on any atom is -0.461 e. The molecule has 3 aromatic heterocycles. The van der Waals surface area contributed by atoms with Gasteiger partial charge in [-0.05, 0) is 42.5 Å². The molecular weight excluding hydrogens is 396 g/mol. The third kappa shape index (κ3) is 3.74. The number of benzene rings is 1. The van der Waals surface area contributed by atoms with Crippen molar-refractivity contribution < 1.29 is 18.8 Å². The van der Waals surface area contributed by atoms with Crippen LogP contribution < -0.4 is 10.6 Å². The van der Waals surface area contributed by atoms with Gasteiger partial charge >= 0.3 is 11.8 Å². The van der Waals surface area contributed by atoms with E-state index in [-0.39, 0.29) is 17.1 Å². The summed E-state index contributed by atoms with van der Waals surface area (Å²) in [5.41, 5.74) is 1.17. The maximum atomic E-state index is 12.8. The van der Waals surface area contributed by atoms with Gasteiger partial charge in [0, 0.05) is 34.0 Å². The molecule has 3 heterocycles. The monoisotopic (exact) mass is 408 g/mol. The van der Waals surface area contributed by atoms with Crippen LogP contribution in [-0.2, 0) is 9.59 Å². The molecule has 0 aliphatic carbocycles. The Bertz CT molecular complexity index is 1220. The summed E-state index contributed by atoms with van der Waals surface area (Å²) < 4.78 is 5.16. The molecule has 4 aromatic rings. The van der Waals surface area contributed by atoms with E-state index in [4.69, 9.17) is 16.0 Å². The quantitative estimate of drug-likeness (QED) is 0.352. The van der Waals surface area contributed by atoms with Crippen molar-refractivity contribution in [3.63, 3.8) is 0 Å². The summed E-state index contributed by atoms with van der Waals surface area (Å²) in [6, 6.07) is 11.0. The predicted molar refractivity (Wildman–Crippen MR) is 107 cm³/mol. The van der Waals surface area contributed by atoms with E-state index < -0.39 is 17.6 Å². The molecule has 8 nitrogen and oxygen atoms in total. The molecule has 0 atom stereocenters. The summed E-state index contributed by atoms with van der Waals surface area (Å²) in [5.74, 6) is -2.23. The highest BCUT2D eigenvalue weighted by atomic mass is 35.5. The summed E-state index contributed by atoms with van der Waals surface area (Å²) in [5, 5.41) is 5.95. The Morgan fingerprint density at radius 3 is 2.48 bits per heavy atom. The van der Waals surface area contributed by atoms with Crippen molar-refractivity contribution in [2.45, 2.75) is 0 Å². The highest BCUT2D eigenvalue weighted by Gasteiger charge is 2.24. The van der Waals surface area contributed by atoms with E-state index in [1.165, 1.54) is 24.7 Å². The standard InChI is InChI=1S/C20H13ClN4O4/c21-11-3-4-13-14(10-11)24-17(18(26)15-2-1-9-29-15)16(13)25-20(28)19(27)23-12-5-7-22-8-6-12/h1-10,24H,(H,25,28)(H,22,23,27). The van der Waals surface area contributed by atoms with Gasteiger partial charge in [0.25, 0.3) is 0 Å². The summed E-state index contributed by atoms with van der Waals surface area (Å²) >= 11 is 6.03. The highest BCUT2D eigenvalue weighted by molar-refractivity contribution is 6.44. The first-order chi connectivity index (χ1) is 14.0. The van der Waals surface area contributed by atoms with Gasteiger partial charge in [-0.1, -0.05) is 11.6 Å². The van der Waals surface area contributed by atoms with Crippen LogP contribution in [0.4, 0.5) is 11.4 Å². The summed E-state index contributed by atoms with van der Waals surface area (Å²) in [6.45, 7) is 0. The van der Waals surface area contributed by atoms with E-state index in [0.29, 0.717) is 21.6 Å². The van der Waals surface area contributed by atoms with E-state index in [1.54, 1.807) is 36.4 Å². The van der Waals surface area contributed by atoms with Gasteiger partial charge in [-0.3, -0.25) is 19.4 Å². The van der Waals surface area contributed by atoms with Crippen LogP contribution in [0, 0.1) is 0 Å². The van der Waals surface area contributed by atoms with Crippen LogP contribution in [0.5, 0.6) is 0 Å². The van der Waals surface area contributed by atoms with Gasteiger partial charge in [-0.15, -0.1) is 0 Å². The van der Waals surface area contributed by atoms with Gasteiger partial charge in [0.05, 0.1) is 12.0 Å². The van der Waals surface area contributed by atoms with Crippen molar-refractivity contribution in [2.24, 2.45) is 0 Å². The molecular formula is C20H13ClN4O4. The lowest BCUT2D eigenvalue weighted by Gasteiger charge is -2.07. The smallest absolute Gasteiger partial charge is 0.314 e. The van der Waals surface area contributed by atoms with Crippen molar-refractivity contribution in [2.75, 3.05) is 10.6 Å². The third-order valence-electron chi connectivity index (χ3n) is 4.12. The van der Waals surface area contributed by atoms with Crippen molar-refractivity contribution in [3.8, 4) is 0 Å². The molecule has 144 valence electrons. The Kier molecular flexibility index (Phi) is 4.84. The maximum Gasteiger partial charge on any atom is 0.314 e. The van der Waals surface area contributed by atoms with Crippen molar-refractivity contribution in [3.05, 3.63) is 77.6 Å². The predicted octanol–water partition coefficient (Wildman–Crippen LogP) is 3.62. The van der Waals surface area contributed by atoms with Gasteiger partial charge in [0.2, 0.25) is 5.78 Å². The number of aromatic nitrogens is 2. The normalized spacial score (nSPS) is 10.7. The fourth-order valence-electron chi connectivity index (χ4n) is 2.79. The van der Waals surface area contributed by atoms with Crippen LogP contribution in [0.2, 0.25) is 5.02 Å². The number of anilines is 2. The number of carbonyl (C=O) groups excluding carboxylic acids is 3. The Morgan fingerprint density at radius 1 is 1.00 bits per heavy atom. The first-order valence-corrected chi connectivity index (χ1v) is 8.82. The number of hydrogen-bond acceptors (Lipinski definition) is 5. The zero-order valence-electron chi connectivity index (χ0n) is 14.7. The van der Waals surface area contributed by atoms with Crippen LogP contribution in [0.25, 0.3) is 10.9 Å². The fourth-order valence-corrected chi connectivity index (χ4v) is 2.97. The molecule has 9 heteroatoms. The van der Waals surface area contributed by atoms with E-state index in [1.807, 2.05) is 0 Å². The van der Waals surface area contributed by atoms with Gasteiger partial charge in [-0.25, -0.2) is 0 Å². The van der Waals surface area contributed by atoms with Crippen LogP contribution in [0.1, 0.15) is 16.2 Å². The highest BCUT2D eigenvalue weighted by Crippen LogP contribution is 2.31. The second kappa shape index (κ2) is 7.61. The SMILES string of the molecule is O=C(Nc1ccncc1)C(=O)Nc1c(C(=O)c2ccco2)[nH]c2cc(Cl)ccc12. The van der Waals surface area contributed by atoms with Crippen molar-refractivity contribution in [1.29, 1.82) is 0 Å². The van der Waals surface area contributed by atoms with Crippen molar-refractivity contribution >= 4 is 51.5 Å². The molecule has 0 saturated heterocycles. The lowest BCUT2D eigenvalue weighted by molar-refractivity contribution is -0.132. The number of H-pyrrole nitrogens is 1. The molecule has 4 rings (SSSR count). The van der Waals surface area contributed by atoms with Gasteiger partial charge in [0.1, 0.15) is 5.69 Å². The topological polar surface area (TPSA) is 117 Å². The van der Waals surface area contributed by atoms with Crippen LogP contribution in [-0.4, -0.2) is 27.6 Å². The van der Waals surface area contributed by atoms with E-state index in [9.17, 15) is 14.4 Å². The van der Waals surface area contributed by atoms with Crippen LogP contribution in [0.15, 0.2) is 65.5 Å². The number of rotatable bonds is 4. The molecule has 0 unspecified atom stereocenters. The number of aromatic amines is 1. The zero-order valence-corrected chi connectivity index (χ0v) is 15.5. The van der Waals surface area contributed by atoms with E-state index in [0.717, 1.165) is 0 Å². The van der Waals surface area contributed by atoms with Crippen molar-refractivity contribution in [1.82, 2.24) is 9.97 Å². The molecule has 2 amide bonds. The average Bonchev–Trinajstić information content (AvgIpc) is 3.36. The molecule has 0 aliphatic rings. The Hall–Kier alpha value is -3.91. The second-order valence-corrected chi connectivity index (χ2v) is 6.45. The Balaban J connectivity index is 1.68. The summed E-state index contributed by atoms with van der Waals surface area (Å²) in [4.78, 5) is 44.3. The molecule has 0 radical (unpaired) electrons. The molecule has 1 aromatic carbocycles. The minimum atomic E-state index is -0.939. The van der Waals surface area contributed by atoms with E-state index in [2.05, 4.69) is 20.6 Å². The first kappa shape index (κ1) is 18.5. The molecule has 0 spiro atoms. The Labute approximate surface area is 168 Å². The Morgan fingerprint density at radius 2 is 1.76 bits per heavy atom. The van der Waals surface area contributed by atoms with Crippen LogP contribution in [0.3, 0.4) is 0 Å². The number of ketones is 1. The molecule has 0 fully saturated rings. The van der Waals surface area contributed by atoms with Crippen LogP contribution >= 0.6 is 11.6 Å². The number of nitrogens with zero attached hydrogens (tertiary/aromatic N) is 1. The second-order valence-electron chi connectivity index (χ2n) is 6.02. The number of amides is 2. The number of furan rings is 1. The molecule has 0 saturated carbocycles. The molecule has 0 bridgehead atoms. The summed E-state index contributed by atoms with van der Waals surface area (Å²) in [6.07, 6.45) is 4.33. The lowest BCUT2D eigenvalue weighted by atomic mass is 10.1.